The SMILES string of the molecule is CCc1nn2c3c(nc2s1)-c1cc(C)ccc1C3. The third-order valence-electron chi connectivity index (χ3n) is 3.52. The first-order valence-corrected chi connectivity index (χ1v) is 7.05. The highest BCUT2D eigenvalue weighted by molar-refractivity contribution is 7.16. The molecule has 0 N–H and O–H groups in total. The molecular formula is C14H13N3S. The Morgan fingerprint density at radius 3 is 3.11 bits per heavy atom. The summed E-state index contributed by atoms with van der Waals surface area (Å²) in [6.07, 6.45) is 1.94. The molecule has 0 atom stereocenters. The summed E-state index contributed by atoms with van der Waals surface area (Å²) in [5.41, 5.74) is 6.34. The average molecular weight is 255 g/mol. The zero-order valence-electron chi connectivity index (χ0n) is 10.4. The Labute approximate surface area is 109 Å². The lowest BCUT2D eigenvalue weighted by molar-refractivity contribution is 0.866. The van der Waals surface area contributed by atoms with Gasteiger partial charge in [0.2, 0.25) is 4.96 Å². The van der Waals surface area contributed by atoms with E-state index < -0.39 is 0 Å². The Morgan fingerprint density at radius 1 is 1.39 bits per heavy atom. The van der Waals surface area contributed by atoms with E-state index in [1.165, 1.54) is 22.4 Å². The van der Waals surface area contributed by atoms with E-state index in [0.717, 1.165) is 28.5 Å². The van der Waals surface area contributed by atoms with E-state index in [1.807, 2.05) is 4.52 Å². The van der Waals surface area contributed by atoms with Gasteiger partial charge in [0.15, 0.2) is 0 Å². The molecular weight excluding hydrogens is 242 g/mol. The summed E-state index contributed by atoms with van der Waals surface area (Å²) in [7, 11) is 0. The van der Waals surface area contributed by atoms with E-state index >= 15 is 0 Å². The largest absolute Gasteiger partial charge is 0.217 e. The number of aryl methyl sites for hydroxylation is 2. The van der Waals surface area contributed by atoms with Gasteiger partial charge in [0.05, 0.1) is 11.4 Å². The topological polar surface area (TPSA) is 30.2 Å². The van der Waals surface area contributed by atoms with Crippen LogP contribution < -0.4 is 0 Å². The van der Waals surface area contributed by atoms with Gasteiger partial charge >= 0.3 is 0 Å². The van der Waals surface area contributed by atoms with Gasteiger partial charge in [0, 0.05) is 12.0 Å². The van der Waals surface area contributed by atoms with E-state index in [4.69, 9.17) is 4.98 Å². The molecule has 4 heteroatoms. The van der Waals surface area contributed by atoms with Crippen LogP contribution in [0.25, 0.3) is 16.2 Å². The molecule has 2 aromatic heterocycles. The Balaban J connectivity index is 1.99. The Hall–Kier alpha value is -1.68. The van der Waals surface area contributed by atoms with Crippen LogP contribution in [0.2, 0.25) is 0 Å². The normalized spacial score (nSPS) is 13.0. The molecule has 1 aromatic carbocycles. The number of fused-ring (bicyclic) bond motifs is 5. The number of hydrogen-bond donors (Lipinski definition) is 0. The lowest BCUT2D eigenvalue weighted by Gasteiger charge is -1.99. The minimum absolute atomic E-state index is 0.957. The molecule has 18 heavy (non-hydrogen) atoms. The first kappa shape index (κ1) is 10.3. The van der Waals surface area contributed by atoms with Gasteiger partial charge in [-0.15, -0.1) is 0 Å². The van der Waals surface area contributed by atoms with Crippen LogP contribution in [0.3, 0.4) is 0 Å². The van der Waals surface area contributed by atoms with Crippen molar-refractivity contribution in [1.82, 2.24) is 14.6 Å². The van der Waals surface area contributed by atoms with Crippen LogP contribution in [-0.4, -0.2) is 14.6 Å². The maximum Gasteiger partial charge on any atom is 0.212 e. The maximum absolute atomic E-state index is 4.76. The maximum atomic E-state index is 4.76. The summed E-state index contributed by atoms with van der Waals surface area (Å²) in [6, 6.07) is 6.62. The molecule has 0 unspecified atom stereocenters. The van der Waals surface area contributed by atoms with Crippen molar-refractivity contribution in [3.05, 3.63) is 40.0 Å². The molecule has 2 heterocycles. The third-order valence-corrected chi connectivity index (χ3v) is 4.57. The smallest absolute Gasteiger partial charge is 0.212 e. The Kier molecular flexibility index (Phi) is 1.95. The quantitative estimate of drug-likeness (QED) is 0.522. The summed E-state index contributed by atoms with van der Waals surface area (Å²) in [6.45, 7) is 4.26. The molecule has 0 fully saturated rings. The fourth-order valence-corrected chi connectivity index (χ4v) is 3.44. The third kappa shape index (κ3) is 1.24. The highest BCUT2D eigenvalue weighted by Gasteiger charge is 2.25. The van der Waals surface area contributed by atoms with Crippen LogP contribution in [0.1, 0.15) is 28.8 Å². The number of benzene rings is 1. The molecule has 0 radical (unpaired) electrons. The predicted molar refractivity (Wildman–Crippen MR) is 73.2 cm³/mol. The van der Waals surface area contributed by atoms with Gasteiger partial charge in [-0.1, -0.05) is 36.0 Å². The van der Waals surface area contributed by atoms with Gasteiger partial charge in [-0.25, -0.2) is 9.50 Å². The molecule has 0 bridgehead atoms. The average Bonchev–Trinajstić information content (AvgIpc) is 2.98. The van der Waals surface area contributed by atoms with E-state index in [-0.39, 0.29) is 0 Å². The van der Waals surface area contributed by atoms with Crippen molar-refractivity contribution >= 4 is 16.3 Å². The van der Waals surface area contributed by atoms with Crippen molar-refractivity contribution < 1.29 is 0 Å². The molecule has 0 spiro atoms. The van der Waals surface area contributed by atoms with Gasteiger partial charge in [-0.2, -0.15) is 5.10 Å². The molecule has 3 aromatic rings. The van der Waals surface area contributed by atoms with Crippen molar-refractivity contribution in [2.45, 2.75) is 26.7 Å². The summed E-state index contributed by atoms with van der Waals surface area (Å²) in [5, 5.41) is 5.80. The standard InChI is InChI=1S/C14H13N3S/c1-3-12-16-17-11-7-9-5-4-8(2)6-10(9)13(11)15-14(17)18-12/h4-6H,3,7H2,1-2H3. The van der Waals surface area contributed by atoms with Gasteiger partial charge in [0.1, 0.15) is 5.01 Å². The minimum atomic E-state index is 0.957. The number of imidazole rings is 1. The molecule has 3 nitrogen and oxygen atoms in total. The molecule has 0 saturated carbocycles. The number of nitrogens with zero attached hydrogens (tertiary/aromatic N) is 3. The van der Waals surface area contributed by atoms with E-state index in [9.17, 15) is 0 Å². The van der Waals surface area contributed by atoms with Crippen molar-refractivity contribution in [3.63, 3.8) is 0 Å². The molecule has 4 rings (SSSR count). The highest BCUT2D eigenvalue weighted by atomic mass is 32.1. The zero-order chi connectivity index (χ0) is 12.3. The van der Waals surface area contributed by atoms with Gasteiger partial charge in [-0.05, 0) is 25.0 Å². The molecule has 1 aliphatic carbocycles. The van der Waals surface area contributed by atoms with Crippen LogP contribution in [0.4, 0.5) is 0 Å². The van der Waals surface area contributed by atoms with E-state index in [0.29, 0.717) is 0 Å². The number of hydrogen-bond acceptors (Lipinski definition) is 3. The van der Waals surface area contributed by atoms with E-state index in [2.05, 4.69) is 37.1 Å². The summed E-state index contributed by atoms with van der Waals surface area (Å²) >= 11 is 1.70. The first-order chi connectivity index (χ1) is 8.76. The van der Waals surface area contributed by atoms with Crippen molar-refractivity contribution in [1.29, 1.82) is 0 Å². The monoisotopic (exact) mass is 255 g/mol. The molecule has 0 aliphatic heterocycles. The number of rotatable bonds is 1. The molecule has 90 valence electrons. The van der Waals surface area contributed by atoms with Crippen LogP contribution in [0.15, 0.2) is 18.2 Å². The lowest BCUT2D eigenvalue weighted by atomic mass is 10.1. The number of aromatic nitrogens is 3. The lowest BCUT2D eigenvalue weighted by Crippen LogP contribution is -1.92. The van der Waals surface area contributed by atoms with Crippen LogP contribution in [0.5, 0.6) is 0 Å². The minimum Gasteiger partial charge on any atom is -0.217 e. The molecule has 1 aliphatic rings. The summed E-state index contributed by atoms with van der Waals surface area (Å²) < 4.78 is 2.04. The van der Waals surface area contributed by atoms with Crippen LogP contribution in [-0.2, 0) is 12.8 Å². The molecule has 0 amide bonds. The van der Waals surface area contributed by atoms with Gasteiger partial charge in [-0.3, -0.25) is 0 Å². The van der Waals surface area contributed by atoms with Gasteiger partial charge < -0.3 is 0 Å². The molecule has 0 saturated heterocycles. The van der Waals surface area contributed by atoms with Crippen molar-refractivity contribution in [2.75, 3.05) is 0 Å². The highest BCUT2D eigenvalue weighted by Crippen LogP contribution is 2.37. The van der Waals surface area contributed by atoms with Crippen molar-refractivity contribution in [3.8, 4) is 11.3 Å². The summed E-state index contributed by atoms with van der Waals surface area (Å²) in [4.78, 5) is 5.79. The zero-order valence-corrected chi connectivity index (χ0v) is 11.2. The fraction of sp³-hybridized carbons (Fsp3) is 0.286. The fourth-order valence-electron chi connectivity index (χ4n) is 2.59. The van der Waals surface area contributed by atoms with Crippen molar-refractivity contribution in [2.24, 2.45) is 0 Å². The summed E-state index contributed by atoms with van der Waals surface area (Å²) in [5.74, 6) is 0. The van der Waals surface area contributed by atoms with E-state index in [1.54, 1.807) is 11.3 Å². The van der Waals surface area contributed by atoms with Gasteiger partial charge in [0.25, 0.3) is 0 Å². The Bertz CT molecular complexity index is 767. The Morgan fingerprint density at radius 2 is 2.28 bits per heavy atom. The van der Waals surface area contributed by atoms with Crippen LogP contribution >= 0.6 is 11.3 Å². The second-order valence-corrected chi connectivity index (χ2v) is 5.83. The van der Waals surface area contributed by atoms with Crippen LogP contribution in [0, 0.1) is 6.92 Å². The predicted octanol–water partition coefficient (Wildman–Crippen LogP) is 3.23. The first-order valence-electron chi connectivity index (χ1n) is 6.23. The second kappa shape index (κ2) is 3.42. The second-order valence-electron chi connectivity index (χ2n) is 4.79.